The van der Waals surface area contributed by atoms with Gasteiger partial charge in [0.1, 0.15) is 0 Å². The first-order valence-electron chi connectivity index (χ1n) is 7.39. The van der Waals surface area contributed by atoms with E-state index in [0.717, 1.165) is 11.1 Å². The molecule has 0 spiro atoms. The van der Waals surface area contributed by atoms with E-state index in [2.05, 4.69) is 0 Å². The molecule has 0 N–H and O–H groups in total. The highest BCUT2D eigenvalue weighted by molar-refractivity contribution is 5.93. The minimum Gasteiger partial charge on any atom is -0.273 e. The summed E-state index contributed by atoms with van der Waals surface area (Å²) in [6.07, 6.45) is 3.45. The Bertz CT molecular complexity index is 681. The van der Waals surface area contributed by atoms with Crippen LogP contribution in [0, 0.1) is 0 Å². The van der Waals surface area contributed by atoms with E-state index in [-0.39, 0.29) is 18.2 Å². The molecule has 0 aliphatic heterocycles. The van der Waals surface area contributed by atoms with Crippen LogP contribution >= 0.6 is 0 Å². The number of carbonyl (C=O) groups excluding carboxylic acids is 2. The van der Waals surface area contributed by atoms with Gasteiger partial charge in [-0.3, -0.25) is 19.6 Å². The van der Waals surface area contributed by atoms with Crippen molar-refractivity contribution in [3.8, 4) is 0 Å². The van der Waals surface area contributed by atoms with Crippen molar-refractivity contribution in [3.05, 3.63) is 77.9 Å². The van der Waals surface area contributed by atoms with E-state index in [9.17, 15) is 9.59 Å². The number of likely N-dealkylation sites (N-methyl/N-ethyl adjacent to an activating group) is 2. The quantitative estimate of drug-likeness (QED) is 0.644. The lowest BCUT2D eigenvalue weighted by molar-refractivity contribution is -0.154. The number of hydrazine groups is 1. The van der Waals surface area contributed by atoms with Crippen LogP contribution in [0.25, 0.3) is 6.08 Å². The van der Waals surface area contributed by atoms with Gasteiger partial charge in [-0.15, -0.1) is 0 Å². The molecule has 2 aromatic rings. The first-order valence-corrected chi connectivity index (χ1v) is 7.39. The molecule has 0 aliphatic carbocycles. The molecule has 2 aromatic carbocycles. The largest absolute Gasteiger partial charge is 0.273 e. The second kappa shape index (κ2) is 7.94. The molecule has 0 unspecified atom stereocenters. The van der Waals surface area contributed by atoms with Gasteiger partial charge in [-0.05, 0) is 17.2 Å². The predicted octanol–water partition coefficient (Wildman–Crippen LogP) is 2.77. The zero-order valence-electron chi connectivity index (χ0n) is 13.3. The summed E-state index contributed by atoms with van der Waals surface area (Å²) in [5.74, 6) is -0.391. The first kappa shape index (κ1) is 16.5. The van der Waals surface area contributed by atoms with Crippen LogP contribution < -0.4 is 0 Å². The van der Waals surface area contributed by atoms with Crippen molar-refractivity contribution in [1.82, 2.24) is 10.0 Å². The highest BCUT2D eigenvalue weighted by atomic mass is 16.2. The summed E-state index contributed by atoms with van der Waals surface area (Å²) in [7, 11) is 3.18. The van der Waals surface area contributed by atoms with E-state index in [1.54, 1.807) is 20.2 Å². The lowest BCUT2D eigenvalue weighted by atomic mass is 10.1. The van der Waals surface area contributed by atoms with Gasteiger partial charge < -0.3 is 0 Å². The van der Waals surface area contributed by atoms with Gasteiger partial charge >= 0.3 is 0 Å². The third kappa shape index (κ3) is 4.81. The molecule has 0 bridgehead atoms. The molecule has 0 atom stereocenters. The molecule has 0 saturated heterocycles. The summed E-state index contributed by atoms with van der Waals surface area (Å²) in [6.45, 7) is 0. The average Bonchev–Trinajstić information content (AvgIpc) is 2.60. The van der Waals surface area contributed by atoms with Gasteiger partial charge in [-0.2, -0.15) is 0 Å². The second-order valence-corrected chi connectivity index (χ2v) is 5.19. The second-order valence-electron chi connectivity index (χ2n) is 5.19. The van der Waals surface area contributed by atoms with Crippen LogP contribution in [0.4, 0.5) is 0 Å². The van der Waals surface area contributed by atoms with E-state index in [1.165, 1.54) is 16.1 Å². The van der Waals surface area contributed by atoms with Gasteiger partial charge in [0.25, 0.3) is 5.91 Å². The standard InChI is InChI=1S/C19H20N2O2/c1-20(18(22)14-13-16-9-5-3-6-10-16)21(2)19(23)15-17-11-7-4-8-12-17/h3-14H,15H2,1-2H3. The van der Waals surface area contributed by atoms with Crippen LogP contribution in [0.3, 0.4) is 0 Å². The molecular weight excluding hydrogens is 288 g/mol. The zero-order chi connectivity index (χ0) is 16.7. The van der Waals surface area contributed by atoms with Gasteiger partial charge in [0.15, 0.2) is 0 Å². The third-order valence-corrected chi connectivity index (χ3v) is 3.55. The van der Waals surface area contributed by atoms with Gasteiger partial charge in [0.05, 0.1) is 6.42 Å². The van der Waals surface area contributed by atoms with Crippen LogP contribution in [-0.4, -0.2) is 35.9 Å². The Hall–Kier alpha value is -2.88. The Morgan fingerprint density at radius 2 is 1.43 bits per heavy atom. The van der Waals surface area contributed by atoms with Crippen molar-refractivity contribution in [2.45, 2.75) is 6.42 Å². The van der Waals surface area contributed by atoms with Crippen LogP contribution in [-0.2, 0) is 16.0 Å². The number of rotatable bonds is 4. The Morgan fingerprint density at radius 1 is 0.870 bits per heavy atom. The monoisotopic (exact) mass is 308 g/mol. The highest BCUT2D eigenvalue weighted by Gasteiger charge is 2.17. The summed E-state index contributed by atoms with van der Waals surface area (Å²) < 4.78 is 0. The lowest BCUT2D eigenvalue weighted by Crippen LogP contribution is -2.44. The number of carbonyl (C=O) groups is 2. The molecule has 0 radical (unpaired) electrons. The van der Waals surface area contributed by atoms with Crippen molar-refractivity contribution >= 4 is 17.9 Å². The van der Waals surface area contributed by atoms with Crippen molar-refractivity contribution < 1.29 is 9.59 Å². The molecule has 4 heteroatoms. The predicted molar refractivity (Wildman–Crippen MR) is 91.2 cm³/mol. The molecular formula is C19H20N2O2. The maximum absolute atomic E-state index is 12.2. The van der Waals surface area contributed by atoms with E-state index in [4.69, 9.17) is 0 Å². The van der Waals surface area contributed by atoms with Crippen LogP contribution in [0.2, 0.25) is 0 Å². The molecule has 118 valence electrons. The number of hydrogen-bond acceptors (Lipinski definition) is 2. The molecule has 2 amide bonds. The van der Waals surface area contributed by atoms with E-state index in [1.807, 2.05) is 60.7 Å². The maximum Gasteiger partial charge on any atom is 0.264 e. The SMILES string of the molecule is CN(C(=O)C=Cc1ccccc1)N(C)C(=O)Cc1ccccc1. The van der Waals surface area contributed by atoms with Crippen molar-refractivity contribution in [2.75, 3.05) is 14.1 Å². The summed E-state index contributed by atoms with van der Waals surface area (Å²) in [5.41, 5.74) is 1.86. The number of benzene rings is 2. The smallest absolute Gasteiger partial charge is 0.264 e. The molecule has 23 heavy (non-hydrogen) atoms. The van der Waals surface area contributed by atoms with Crippen LogP contribution in [0.1, 0.15) is 11.1 Å². The van der Waals surface area contributed by atoms with Crippen molar-refractivity contribution in [2.24, 2.45) is 0 Å². The molecule has 4 nitrogen and oxygen atoms in total. The Balaban J connectivity index is 1.95. The minimum absolute atomic E-state index is 0.139. The first-order chi connectivity index (χ1) is 11.1. The minimum atomic E-state index is -0.252. The van der Waals surface area contributed by atoms with Crippen molar-refractivity contribution in [3.63, 3.8) is 0 Å². The van der Waals surface area contributed by atoms with Crippen molar-refractivity contribution in [1.29, 1.82) is 0 Å². The average molecular weight is 308 g/mol. The van der Waals surface area contributed by atoms with Gasteiger partial charge in [0.2, 0.25) is 5.91 Å². The maximum atomic E-state index is 12.2. The van der Waals surface area contributed by atoms with E-state index < -0.39 is 0 Å². The fourth-order valence-corrected chi connectivity index (χ4v) is 2.04. The fraction of sp³-hybridized carbons (Fsp3) is 0.158. The van der Waals surface area contributed by atoms with Crippen LogP contribution in [0.15, 0.2) is 66.7 Å². The van der Waals surface area contributed by atoms with Gasteiger partial charge in [0, 0.05) is 20.2 Å². The Morgan fingerprint density at radius 3 is 2.04 bits per heavy atom. The molecule has 0 saturated carbocycles. The molecule has 0 fully saturated rings. The van der Waals surface area contributed by atoms with E-state index >= 15 is 0 Å². The summed E-state index contributed by atoms with van der Waals surface area (Å²) >= 11 is 0. The summed E-state index contributed by atoms with van der Waals surface area (Å²) in [6, 6.07) is 19.0. The topological polar surface area (TPSA) is 40.6 Å². The van der Waals surface area contributed by atoms with Gasteiger partial charge in [-0.25, -0.2) is 0 Å². The molecule has 0 heterocycles. The Labute approximate surface area is 136 Å². The highest BCUT2D eigenvalue weighted by Crippen LogP contribution is 2.05. The molecule has 0 aliphatic rings. The molecule has 2 rings (SSSR count). The third-order valence-electron chi connectivity index (χ3n) is 3.55. The lowest BCUT2D eigenvalue weighted by Gasteiger charge is -2.27. The molecule has 0 aromatic heterocycles. The zero-order valence-corrected chi connectivity index (χ0v) is 13.3. The Kier molecular flexibility index (Phi) is 5.69. The number of hydrogen-bond donors (Lipinski definition) is 0. The summed E-state index contributed by atoms with van der Waals surface area (Å²) in [5, 5.41) is 2.65. The van der Waals surface area contributed by atoms with Gasteiger partial charge in [-0.1, -0.05) is 60.7 Å². The van der Waals surface area contributed by atoms with Crippen LogP contribution in [0.5, 0.6) is 0 Å². The van der Waals surface area contributed by atoms with E-state index in [0.29, 0.717) is 0 Å². The fourth-order valence-electron chi connectivity index (χ4n) is 2.04. The summed E-state index contributed by atoms with van der Waals surface area (Å²) in [4.78, 5) is 24.4. The number of amides is 2. The number of nitrogens with zero attached hydrogens (tertiary/aromatic N) is 2. The normalized spacial score (nSPS) is 10.5.